The summed E-state index contributed by atoms with van der Waals surface area (Å²) >= 11 is 0. The third kappa shape index (κ3) is 3.96. The zero-order valence-electron chi connectivity index (χ0n) is 14.7. The molecule has 0 radical (unpaired) electrons. The van der Waals surface area contributed by atoms with Gasteiger partial charge in [0, 0.05) is 12.8 Å². The molecule has 126 valence electrons. The molecule has 0 spiro atoms. The van der Waals surface area contributed by atoms with E-state index in [0.717, 1.165) is 24.7 Å². The molecule has 0 amide bonds. The molecule has 1 saturated heterocycles. The van der Waals surface area contributed by atoms with E-state index in [4.69, 9.17) is 0 Å². The highest BCUT2D eigenvalue weighted by Gasteiger charge is 2.40. The molecule has 1 heterocycles. The first kappa shape index (κ1) is 16.9. The first-order chi connectivity index (χ1) is 11.2. The zero-order chi connectivity index (χ0) is 16.1. The summed E-state index contributed by atoms with van der Waals surface area (Å²) in [5, 5.41) is 1.71. The molecule has 1 saturated carbocycles. The van der Waals surface area contributed by atoms with Gasteiger partial charge in [-0.25, -0.2) is 0 Å². The minimum absolute atomic E-state index is 0.507. The third-order valence-corrected chi connectivity index (χ3v) is 12.0. The maximum absolute atomic E-state index is 11.5. The largest absolute Gasteiger partial charge is 0.300 e. The Hall–Kier alpha value is -0.893. The molecular formula is C21H32OSi. The minimum atomic E-state index is -1.27. The van der Waals surface area contributed by atoms with Crippen LogP contribution in [0.1, 0.15) is 58.3 Å². The average molecular weight is 329 g/mol. The van der Waals surface area contributed by atoms with Crippen LogP contribution in [0.2, 0.25) is 18.1 Å². The Bertz CT molecular complexity index is 492. The molecule has 3 rings (SSSR count). The first-order valence-corrected chi connectivity index (χ1v) is 12.4. The van der Waals surface area contributed by atoms with Crippen molar-refractivity contribution in [3.05, 3.63) is 30.3 Å². The van der Waals surface area contributed by atoms with Crippen molar-refractivity contribution in [2.45, 2.75) is 76.4 Å². The summed E-state index contributed by atoms with van der Waals surface area (Å²) in [6, 6.07) is 16.0. The number of unbranched alkanes of at least 4 members (excludes halogenated alkanes) is 1. The highest BCUT2D eigenvalue weighted by Crippen LogP contribution is 2.42. The van der Waals surface area contributed by atoms with E-state index in [1.54, 1.807) is 5.19 Å². The van der Waals surface area contributed by atoms with Gasteiger partial charge < -0.3 is 0 Å². The molecule has 1 aromatic rings. The van der Waals surface area contributed by atoms with Crippen molar-refractivity contribution >= 4 is 19.0 Å². The number of benzene rings is 1. The van der Waals surface area contributed by atoms with Crippen LogP contribution in [0.3, 0.4) is 0 Å². The van der Waals surface area contributed by atoms with Crippen molar-refractivity contribution in [1.29, 1.82) is 0 Å². The molecule has 2 aliphatic rings. The lowest BCUT2D eigenvalue weighted by atomic mass is 9.77. The van der Waals surface area contributed by atoms with Gasteiger partial charge in [0.25, 0.3) is 0 Å². The van der Waals surface area contributed by atoms with Crippen LogP contribution in [0.15, 0.2) is 30.3 Å². The lowest BCUT2D eigenvalue weighted by Gasteiger charge is -2.42. The topological polar surface area (TPSA) is 17.1 Å². The molecule has 2 fully saturated rings. The van der Waals surface area contributed by atoms with Crippen LogP contribution in [0.4, 0.5) is 0 Å². The lowest BCUT2D eigenvalue weighted by Crippen LogP contribution is -2.50. The van der Waals surface area contributed by atoms with Crippen LogP contribution >= 0.6 is 0 Å². The fourth-order valence-corrected chi connectivity index (χ4v) is 10.5. The maximum atomic E-state index is 11.5. The molecule has 1 aromatic carbocycles. The van der Waals surface area contributed by atoms with Gasteiger partial charge in [-0.1, -0.05) is 86.3 Å². The first-order valence-electron chi connectivity index (χ1n) is 9.81. The predicted molar refractivity (Wildman–Crippen MR) is 101 cm³/mol. The smallest absolute Gasteiger partial charge is 0.132 e. The number of rotatable bonds is 5. The van der Waals surface area contributed by atoms with E-state index in [-0.39, 0.29) is 0 Å². The molecule has 1 nitrogen and oxygen atoms in total. The second-order valence-corrected chi connectivity index (χ2v) is 12.6. The third-order valence-electron chi connectivity index (χ3n) is 6.64. The van der Waals surface area contributed by atoms with Gasteiger partial charge in [-0.2, -0.15) is 0 Å². The van der Waals surface area contributed by atoms with Crippen molar-refractivity contribution < 1.29 is 4.79 Å². The highest BCUT2D eigenvalue weighted by molar-refractivity contribution is 6.92. The van der Waals surface area contributed by atoms with Gasteiger partial charge in [0.15, 0.2) is 0 Å². The summed E-state index contributed by atoms with van der Waals surface area (Å²) in [5.41, 5.74) is 0. The van der Waals surface area contributed by atoms with E-state index in [9.17, 15) is 4.79 Å². The van der Waals surface area contributed by atoms with Gasteiger partial charge in [-0.3, -0.25) is 4.79 Å². The Morgan fingerprint density at radius 3 is 2.17 bits per heavy atom. The van der Waals surface area contributed by atoms with Gasteiger partial charge in [0.05, 0.1) is 8.07 Å². The maximum Gasteiger partial charge on any atom is 0.132 e. The van der Waals surface area contributed by atoms with Crippen molar-refractivity contribution in [3.63, 3.8) is 0 Å². The molecule has 0 unspecified atom stereocenters. The van der Waals surface area contributed by atoms with Gasteiger partial charge in [-0.05, 0) is 24.7 Å². The summed E-state index contributed by atoms with van der Waals surface area (Å²) in [6.45, 7) is 2.33. The summed E-state index contributed by atoms with van der Waals surface area (Å²) in [4.78, 5) is 11.5. The Kier molecular flexibility index (Phi) is 5.74. The molecule has 0 N–H and O–H groups in total. The van der Waals surface area contributed by atoms with Gasteiger partial charge in [0.2, 0.25) is 0 Å². The van der Waals surface area contributed by atoms with E-state index in [0.29, 0.717) is 5.78 Å². The number of carbonyl (C=O) groups excluding carboxylic acids is 1. The van der Waals surface area contributed by atoms with Crippen LogP contribution < -0.4 is 5.19 Å². The number of hydrogen-bond donors (Lipinski definition) is 0. The molecule has 0 atom stereocenters. The Balaban J connectivity index is 1.66. The Morgan fingerprint density at radius 2 is 1.57 bits per heavy atom. The summed E-state index contributed by atoms with van der Waals surface area (Å²) in [5.74, 6) is 2.27. The van der Waals surface area contributed by atoms with Crippen molar-refractivity contribution in [2.24, 2.45) is 11.8 Å². The van der Waals surface area contributed by atoms with Crippen molar-refractivity contribution in [1.82, 2.24) is 0 Å². The minimum Gasteiger partial charge on any atom is -0.300 e. The molecule has 0 aromatic heterocycles. The van der Waals surface area contributed by atoms with Gasteiger partial charge in [0.1, 0.15) is 5.78 Å². The zero-order valence-corrected chi connectivity index (χ0v) is 15.7. The quantitative estimate of drug-likeness (QED) is 0.669. The molecule has 0 bridgehead atoms. The second-order valence-electron chi connectivity index (χ2n) is 7.96. The molecule has 2 heteroatoms. The van der Waals surface area contributed by atoms with E-state index < -0.39 is 8.07 Å². The van der Waals surface area contributed by atoms with E-state index in [1.807, 2.05) is 0 Å². The van der Waals surface area contributed by atoms with E-state index >= 15 is 0 Å². The van der Waals surface area contributed by atoms with Crippen LogP contribution in [0.25, 0.3) is 0 Å². The van der Waals surface area contributed by atoms with Crippen LogP contribution in [-0.4, -0.2) is 13.9 Å². The standard InChI is InChI=1S/C21H32OSi/c1-2-3-15-23(21-7-5-4-6-8-21)16-13-19(14-17-23)18-9-11-20(22)12-10-18/h4-8,18-19H,2-3,9-17H2,1H3. The number of Topliss-reactive ketones (excluding diaryl/α,β-unsaturated/α-hetero) is 1. The number of hydrogen-bond acceptors (Lipinski definition) is 1. The number of carbonyl (C=O) groups is 1. The van der Waals surface area contributed by atoms with Gasteiger partial charge in [-0.15, -0.1) is 0 Å². The Labute approximate surface area is 142 Å². The van der Waals surface area contributed by atoms with E-state index in [1.165, 1.54) is 56.7 Å². The van der Waals surface area contributed by atoms with Crippen LogP contribution in [0.5, 0.6) is 0 Å². The highest BCUT2D eigenvalue weighted by atomic mass is 28.3. The fraction of sp³-hybridized carbons (Fsp3) is 0.667. The summed E-state index contributed by atoms with van der Waals surface area (Å²) < 4.78 is 0. The SMILES string of the molecule is CCCC[Si]1(c2ccccc2)CCC(C2CCC(=O)CC2)CC1. The van der Waals surface area contributed by atoms with Crippen molar-refractivity contribution in [2.75, 3.05) is 0 Å². The fourth-order valence-electron chi connectivity index (χ4n) is 5.09. The average Bonchev–Trinajstić information content (AvgIpc) is 2.62. The van der Waals surface area contributed by atoms with E-state index in [2.05, 4.69) is 37.3 Å². The summed E-state index contributed by atoms with van der Waals surface area (Å²) in [6.07, 6.45) is 9.68. The normalized spacial score (nSPS) is 29.6. The molecule has 1 aliphatic carbocycles. The van der Waals surface area contributed by atoms with Crippen LogP contribution in [0, 0.1) is 11.8 Å². The summed E-state index contributed by atoms with van der Waals surface area (Å²) in [7, 11) is -1.27. The second kappa shape index (κ2) is 7.79. The number of ketones is 1. The lowest BCUT2D eigenvalue weighted by molar-refractivity contribution is -0.121. The molecule has 23 heavy (non-hydrogen) atoms. The van der Waals surface area contributed by atoms with Gasteiger partial charge >= 0.3 is 0 Å². The monoisotopic (exact) mass is 328 g/mol. The van der Waals surface area contributed by atoms with Crippen molar-refractivity contribution in [3.8, 4) is 0 Å². The molecular weight excluding hydrogens is 296 g/mol. The Morgan fingerprint density at radius 1 is 0.957 bits per heavy atom. The molecule has 1 aliphatic heterocycles. The predicted octanol–water partition coefficient (Wildman–Crippen LogP) is 5.31. The van der Waals surface area contributed by atoms with Crippen LogP contribution in [-0.2, 0) is 4.79 Å².